The van der Waals surface area contributed by atoms with Gasteiger partial charge in [0.05, 0.1) is 38.9 Å². The van der Waals surface area contributed by atoms with Crippen LogP contribution in [0.5, 0.6) is 11.5 Å². The Kier molecular flexibility index (Phi) is 10.9. The van der Waals surface area contributed by atoms with Crippen LogP contribution in [0.1, 0.15) is 43.1 Å². The standard InChI is InChI=1S/C26H26ClIN2O7S/c1-4-9-37-23-19(28)10-15(11-20(23)35-5-2)12-21-24(32)30(26(34)38-21)14-22(31)29-16-7-8-18(27)17(13-16)25(33)36-6-3/h7-8,10-13H,4-6,9,14H2,1-3H3,(H,29,31)/b21-12-. The summed E-state index contributed by atoms with van der Waals surface area (Å²) in [5.41, 5.74) is 1.02. The smallest absolute Gasteiger partial charge is 0.339 e. The predicted molar refractivity (Wildman–Crippen MR) is 155 cm³/mol. The fraction of sp³-hybridized carbons (Fsp3) is 0.308. The van der Waals surface area contributed by atoms with E-state index in [0.717, 1.165) is 26.7 Å². The molecule has 0 saturated carbocycles. The van der Waals surface area contributed by atoms with E-state index in [-0.39, 0.29) is 27.8 Å². The van der Waals surface area contributed by atoms with Crippen LogP contribution < -0.4 is 14.8 Å². The third-order valence-corrected chi connectivity index (χ3v) is 7.04. The number of nitrogens with one attached hydrogen (secondary N) is 1. The van der Waals surface area contributed by atoms with Gasteiger partial charge in [-0.1, -0.05) is 18.5 Å². The van der Waals surface area contributed by atoms with Gasteiger partial charge in [0.25, 0.3) is 11.1 Å². The lowest BCUT2D eigenvalue weighted by atomic mass is 10.2. The molecule has 2 aromatic rings. The fourth-order valence-corrected chi connectivity index (χ4v) is 5.19. The van der Waals surface area contributed by atoms with Crippen LogP contribution in [0, 0.1) is 3.57 Å². The molecular weight excluding hydrogens is 647 g/mol. The Balaban J connectivity index is 1.74. The lowest BCUT2D eigenvalue weighted by molar-refractivity contribution is -0.127. The molecule has 1 aliphatic heterocycles. The molecule has 1 saturated heterocycles. The maximum atomic E-state index is 13.0. The predicted octanol–water partition coefficient (Wildman–Crippen LogP) is 5.98. The summed E-state index contributed by atoms with van der Waals surface area (Å²) < 4.78 is 17.3. The van der Waals surface area contributed by atoms with Crippen LogP contribution in [0.15, 0.2) is 35.2 Å². The number of nitrogens with zero attached hydrogens (tertiary/aromatic N) is 1. The minimum atomic E-state index is -0.628. The summed E-state index contributed by atoms with van der Waals surface area (Å²) in [4.78, 5) is 51.3. The van der Waals surface area contributed by atoms with Crippen LogP contribution in [0.3, 0.4) is 0 Å². The lowest BCUT2D eigenvalue weighted by Crippen LogP contribution is -2.36. The third-order valence-electron chi connectivity index (χ3n) is 5.00. The molecule has 1 N–H and O–H groups in total. The van der Waals surface area contributed by atoms with Crippen molar-refractivity contribution < 1.29 is 33.4 Å². The molecule has 1 heterocycles. The quantitative estimate of drug-likeness (QED) is 0.176. The van der Waals surface area contributed by atoms with E-state index in [1.807, 2.05) is 19.9 Å². The van der Waals surface area contributed by atoms with Crippen LogP contribution >= 0.6 is 46.0 Å². The van der Waals surface area contributed by atoms with Gasteiger partial charge in [-0.3, -0.25) is 19.3 Å². The average molecular weight is 673 g/mol. The van der Waals surface area contributed by atoms with Crippen molar-refractivity contribution in [1.82, 2.24) is 4.90 Å². The number of thioether (sulfide) groups is 1. The largest absolute Gasteiger partial charge is 0.490 e. The van der Waals surface area contributed by atoms with Crippen LogP contribution in [-0.4, -0.2) is 54.3 Å². The highest BCUT2D eigenvalue weighted by atomic mass is 127. The van der Waals surface area contributed by atoms with Gasteiger partial charge < -0.3 is 19.5 Å². The number of halogens is 2. The van der Waals surface area contributed by atoms with E-state index >= 15 is 0 Å². The second-order valence-electron chi connectivity index (χ2n) is 7.84. The summed E-state index contributed by atoms with van der Waals surface area (Å²) in [6, 6.07) is 7.90. The molecule has 38 heavy (non-hydrogen) atoms. The Hall–Kier alpha value is -2.77. The molecule has 0 bridgehead atoms. The van der Waals surface area contributed by atoms with Crippen molar-refractivity contribution in [1.29, 1.82) is 0 Å². The van der Waals surface area contributed by atoms with E-state index in [4.69, 9.17) is 25.8 Å². The summed E-state index contributed by atoms with van der Waals surface area (Å²) in [6.45, 7) is 6.18. The van der Waals surface area contributed by atoms with Crippen molar-refractivity contribution in [2.45, 2.75) is 27.2 Å². The number of carbonyl (C=O) groups excluding carboxylic acids is 4. The number of benzene rings is 2. The fourth-order valence-electron chi connectivity index (χ4n) is 3.38. The number of carbonyl (C=O) groups is 4. The second kappa shape index (κ2) is 13.9. The molecule has 0 radical (unpaired) electrons. The first kappa shape index (κ1) is 29.8. The number of imide groups is 1. The summed E-state index contributed by atoms with van der Waals surface area (Å²) in [5.74, 6) is -0.654. The number of hydrogen-bond acceptors (Lipinski definition) is 8. The summed E-state index contributed by atoms with van der Waals surface area (Å²) in [5, 5.41) is 2.18. The number of amides is 3. The van der Waals surface area contributed by atoms with Crippen molar-refractivity contribution >= 4 is 80.7 Å². The van der Waals surface area contributed by atoms with Gasteiger partial charge in [0.15, 0.2) is 11.5 Å². The molecule has 3 rings (SSSR count). The third kappa shape index (κ3) is 7.41. The topological polar surface area (TPSA) is 111 Å². The molecule has 1 aliphatic rings. The molecule has 0 unspecified atom stereocenters. The van der Waals surface area contributed by atoms with E-state index in [2.05, 4.69) is 27.9 Å². The zero-order chi connectivity index (χ0) is 27.8. The van der Waals surface area contributed by atoms with E-state index in [1.54, 1.807) is 19.1 Å². The van der Waals surface area contributed by atoms with Crippen molar-refractivity contribution in [3.8, 4) is 11.5 Å². The highest BCUT2D eigenvalue weighted by Crippen LogP contribution is 2.37. The van der Waals surface area contributed by atoms with E-state index in [1.165, 1.54) is 18.2 Å². The molecule has 2 aromatic carbocycles. The molecule has 0 aromatic heterocycles. The number of hydrogen-bond donors (Lipinski definition) is 1. The molecule has 1 fully saturated rings. The molecule has 0 atom stereocenters. The Bertz CT molecular complexity index is 1280. The highest BCUT2D eigenvalue weighted by Gasteiger charge is 2.36. The van der Waals surface area contributed by atoms with Gasteiger partial charge >= 0.3 is 5.97 Å². The van der Waals surface area contributed by atoms with Crippen molar-refractivity contribution in [2.75, 3.05) is 31.7 Å². The van der Waals surface area contributed by atoms with E-state index < -0.39 is 29.6 Å². The zero-order valence-corrected chi connectivity index (χ0v) is 24.7. The first-order valence-corrected chi connectivity index (χ1v) is 14.1. The van der Waals surface area contributed by atoms with Crippen LogP contribution in [-0.2, 0) is 14.3 Å². The van der Waals surface area contributed by atoms with Gasteiger partial charge in [0.1, 0.15) is 6.54 Å². The van der Waals surface area contributed by atoms with Crippen molar-refractivity contribution in [3.63, 3.8) is 0 Å². The maximum absolute atomic E-state index is 13.0. The molecule has 9 nitrogen and oxygen atoms in total. The molecule has 12 heteroatoms. The first-order chi connectivity index (χ1) is 18.2. The molecule has 3 amide bonds. The summed E-state index contributed by atoms with van der Waals surface area (Å²) in [7, 11) is 0. The van der Waals surface area contributed by atoms with Gasteiger partial charge in [0.2, 0.25) is 5.91 Å². The van der Waals surface area contributed by atoms with E-state index in [0.29, 0.717) is 30.3 Å². The van der Waals surface area contributed by atoms with Crippen LogP contribution in [0.25, 0.3) is 6.08 Å². The van der Waals surface area contributed by atoms with Gasteiger partial charge in [-0.2, -0.15) is 0 Å². The Morgan fingerprint density at radius 2 is 1.87 bits per heavy atom. The molecule has 0 aliphatic carbocycles. The Morgan fingerprint density at radius 3 is 2.55 bits per heavy atom. The molecule has 0 spiro atoms. The van der Waals surface area contributed by atoms with Crippen LogP contribution in [0.4, 0.5) is 10.5 Å². The summed E-state index contributed by atoms with van der Waals surface area (Å²) in [6.07, 6.45) is 2.43. The van der Waals surface area contributed by atoms with Gasteiger partial charge in [0, 0.05) is 5.69 Å². The molecular formula is C26H26ClIN2O7S. The maximum Gasteiger partial charge on any atom is 0.339 e. The van der Waals surface area contributed by atoms with Gasteiger partial charge in [-0.05, 0) is 96.6 Å². The Morgan fingerprint density at radius 1 is 1.11 bits per heavy atom. The monoisotopic (exact) mass is 672 g/mol. The Labute approximate surface area is 243 Å². The minimum Gasteiger partial charge on any atom is -0.490 e. The average Bonchev–Trinajstić information content (AvgIpc) is 3.12. The van der Waals surface area contributed by atoms with Gasteiger partial charge in [-0.25, -0.2) is 4.79 Å². The minimum absolute atomic E-state index is 0.0904. The second-order valence-corrected chi connectivity index (χ2v) is 10.4. The number of anilines is 1. The highest BCUT2D eigenvalue weighted by molar-refractivity contribution is 14.1. The van der Waals surface area contributed by atoms with Crippen molar-refractivity contribution in [3.05, 3.63) is 55.0 Å². The normalized spacial score (nSPS) is 14.1. The van der Waals surface area contributed by atoms with Crippen LogP contribution in [0.2, 0.25) is 5.02 Å². The SMILES string of the molecule is CCCOc1c(I)cc(/C=C2\SC(=O)N(CC(=O)Nc3ccc(Cl)c(C(=O)OCC)c3)C2=O)cc1OCC. The van der Waals surface area contributed by atoms with Gasteiger partial charge in [-0.15, -0.1) is 0 Å². The molecule has 202 valence electrons. The number of ether oxygens (including phenoxy) is 3. The van der Waals surface area contributed by atoms with E-state index in [9.17, 15) is 19.2 Å². The first-order valence-electron chi connectivity index (χ1n) is 11.8. The van der Waals surface area contributed by atoms with Crippen molar-refractivity contribution in [2.24, 2.45) is 0 Å². The lowest BCUT2D eigenvalue weighted by Gasteiger charge is -2.14. The zero-order valence-electron chi connectivity index (χ0n) is 21.0. The number of esters is 1. The summed E-state index contributed by atoms with van der Waals surface area (Å²) >= 11 is 8.94. The number of rotatable bonds is 11.